The Kier molecular flexibility index (Phi) is 5.37. The number of nitrogens with one attached hydrogen (secondary N) is 1. The van der Waals surface area contributed by atoms with Crippen LogP contribution in [0.25, 0.3) is 0 Å². The highest BCUT2D eigenvalue weighted by Crippen LogP contribution is 2.47. The van der Waals surface area contributed by atoms with Gasteiger partial charge in [-0.3, -0.25) is 14.5 Å². The molecule has 144 valence electrons. The standard InChI is InChI=1S/C17H26N3O5P/c1-8-11(7-19-5-4-10(6-19)15(22)18-3)14(17(24)25-26)20-13(8)12(9(2)21)16(20)23/h8-10,12-13,21H,4-7,26H2,1-3H3,(H,18,22)/t8-,9+,10-,12-,13+/m0/s1. The molecule has 0 spiro atoms. The third-order valence-electron chi connectivity index (χ3n) is 5.90. The van der Waals surface area contributed by atoms with Crippen LogP contribution < -0.4 is 5.32 Å². The second kappa shape index (κ2) is 7.25. The van der Waals surface area contributed by atoms with Gasteiger partial charge in [-0.2, -0.15) is 0 Å². The number of rotatable bonds is 5. The fourth-order valence-corrected chi connectivity index (χ4v) is 4.65. The maximum absolute atomic E-state index is 12.5. The Morgan fingerprint density at radius 3 is 2.73 bits per heavy atom. The second-order valence-corrected chi connectivity index (χ2v) is 7.60. The maximum Gasteiger partial charge on any atom is 0.357 e. The molecular formula is C17H26N3O5P. The monoisotopic (exact) mass is 383 g/mol. The number of amides is 2. The smallest absolute Gasteiger partial charge is 0.357 e. The molecule has 8 nitrogen and oxygen atoms in total. The third-order valence-corrected chi connectivity index (χ3v) is 6.11. The van der Waals surface area contributed by atoms with Crippen LogP contribution in [-0.4, -0.2) is 71.5 Å². The number of aliphatic hydroxyl groups excluding tert-OH is 1. The van der Waals surface area contributed by atoms with E-state index in [1.807, 2.05) is 16.4 Å². The van der Waals surface area contributed by atoms with Crippen LogP contribution in [0.1, 0.15) is 20.3 Å². The van der Waals surface area contributed by atoms with E-state index < -0.39 is 18.0 Å². The van der Waals surface area contributed by atoms with Crippen LogP contribution in [0.5, 0.6) is 0 Å². The number of carbonyl (C=O) groups is 3. The number of hydrogen-bond acceptors (Lipinski definition) is 6. The van der Waals surface area contributed by atoms with Crippen LogP contribution in [-0.2, 0) is 18.9 Å². The number of likely N-dealkylation sites (tertiary alicyclic amines) is 1. The van der Waals surface area contributed by atoms with E-state index in [2.05, 4.69) is 10.2 Å². The first-order chi connectivity index (χ1) is 12.3. The minimum absolute atomic E-state index is 0.0266. The van der Waals surface area contributed by atoms with E-state index in [1.165, 1.54) is 4.90 Å². The Morgan fingerprint density at radius 1 is 1.46 bits per heavy atom. The third kappa shape index (κ3) is 2.94. The van der Waals surface area contributed by atoms with Gasteiger partial charge in [0.1, 0.15) is 5.70 Å². The van der Waals surface area contributed by atoms with Crippen molar-refractivity contribution < 1.29 is 24.0 Å². The second-order valence-electron chi connectivity index (χ2n) is 7.37. The fourth-order valence-electron chi connectivity index (χ4n) is 4.53. The molecule has 0 radical (unpaired) electrons. The largest absolute Gasteiger partial charge is 0.447 e. The van der Waals surface area contributed by atoms with Gasteiger partial charge in [0, 0.05) is 26.1 Å². The van der Waals surface area contributed by atoms with Crippen molar-refractivity contribution in [1.82, 2.24) is 15.1 Å². The zero-order valence-electron chi connectivity index (χ0n) is 15.3. The Bertz CT molecular complexity index is 665. The first-order valence-electron chi connectivity index (χ1n) is 8.91. The minimum atomic E-state index is -0.761. The highest BCUT2D eigenvalue weighted by molar-refractivity contribution is 7.10. The molecule has 0 bridgehead atoms. The minimum Gasteiger partial charge on any atom is -0.447 e. The van der Waals surface area contributed by atoms with Gasteiger partial charge in [0.2, 0.25) is 11.8 Å². The number of fused-ring (bicyclic) bond motifs is 1. The van der Waals surface area contributed by atoms with Crippen LogP contribution in [0.4, 0.5) is 0 Å². The van der Waals surface area contributed by atoms with E-state index in [0.717, 1.165) is 18.5 Å². The molecule has 2 amide bonds. The predicted molar refractivity (Wildman–Crippen MR) is 96.4 cm³/mol. The number of nitrogens with zero attached hydrogens (tertiary/aromatic N) is 2. The summed E-state index contributed by atoms with van der Waals surface area (Å²) >= 11 is 0. The van der Waals surface area contributed by atoms with E-state index in [-0.39, 0.29) is 29.7 Å². The molecule has 3 aliphatic rings. The highest BCUT2D eigenvalue weighted by Gasteiger charge is 2.60. The molecule has 6 atom stereocenters. The maximum atomic E-state index is 12.5. The van der Waals surface area contributed by atoms with Crippen molar-refractivity contribution in [2.75, 3.05) is 26.7 Å². The summed E-state index contributed by atoms with van der Waals surface area (Å²) in [5.74, 6) is -1.37. The number of carbonyl (C=O) groups excluding carboxylic acids is 3. The van der Waals surface area contributed by atoms with E-state index >= 15 is 0 Å². The molecule has 26 heavy (non-hydrogen) atoms. The van der Waals surface area contributed by atoms with Crippen LogP contribution in [0, 0.1) is 17.8 Å². The summed E-state index contributed by atoms with van der Waals surface area (Å²) in [7, 11) is 3.57. The summed E-state index contributed by atoms with van der Waals surface area (Å²) in [6, 6.07) is -0.214. The van der Waals surface area contributed by atoms with Gasteiger partial charge in [-0.05, 0) is 25.5 Å². The van der Waals surface area contributed by atoms with E-state index in [1.54, 1.807) is 14.0 Å². The molecule has 9 heteroatoms. The number of aliphatic hydroxyl groups is 1. The van der Waals surface area contributed by atoms with Crippen molar-refractivity contribution in [2.45, 2.75) is 32.4 Å². The molecule has 2 N–H and O–H groups in total. The van der Waals surface area contributed by atoms with Crippen LogP contribution >= 0.6 is 9.47 Å². The Morgan fingerprint density at radius 2 is 2.15 bits per heavy atom. The van der Waals surface area contributed by atoms with Crippen LogP contribution in [0.2, 0.25) is 0 Å². The van der Waals surface area contributed by atoms with Crippen molar-refractivity contribution >= 4 is 27.3 Å². The molecule has 0 aliphatic carbocycles. The SMILES string of the molecule is CNC(=O)[C@H]1CCN(CC2=C(C(=O)OP)N3C(=O)[C@@H]([C@@H](C)O)[C@H]3[C@H]2C)C1. The van der Waals surface area contributed by atoms with Crippen molar-refractivity contribution in [3.63, 3.8) is 0 Å². The summed E-state index contributed by atoms with van der Waals surface area (Å²) in [5, 5.41) is 12.6. The molecule has 2 fully saturated rings. The molecule has 0 saturated carbocycles. The molecule has 3 heterocycles. The van der Waals surface area contributed by atoms with Gasteiger partial charge in [-0.1, -0.05) is 6.92 Å². The lowest BCUT2D eigenvalue weighted by atomic mass is 9.77. The Balaban J connectivity index is 1.82. The lowest BCUT2D eigenvalue weighted by Crippen LogP contribution is -2.63. The molecule has 3 rings (SSSR count). The zero-order valence-corrected chi connectivity index (χ0v) is 16.4. The fraction of sp³-hybridized carbons (Fsp3) is 0.706. The average molecular weight is 383 g/mol. The van der Waals surface area contributed by atoms with E-state index in [4.69, 9.17) is 4.52 Å². The summed E-state index contributed by atoms with van der Waals surface area (Å²) in [6.07, 6.45) is 0.0101. The summed E-state index contributed by atoms with van der Waals surface area (Å²) in [5.41, 5.74) is 1.14. The predicted octanol–water partition coefficient (Wildman–Crippen LogP) is -0.501. The normalized spacial score (nSPS) is 32.3. The van der Waals surface area contributed by atoms with Gasteiger partial charge in [-0.15, -0.1) is 0 Å². The first-order valence-corrected chi connectivity index (χ1v) is 9.38. The summed E-state index contributed by atoms with van der Waals surface area (Å²) in [6.45, 7) is 5.47. The van der Waals surface area contributed by atoms with Gasteiger partial charge in [0.05, 0.1) is 33.4 Å². The van der Waals surface area contributed by atoms with Crippen molar-refractivity contribution in [1.29, 1.82) is 0 Å². The van der Waals surface area contributed by atoms with Gasteiger partial charge >= 0.3 is 5.97 Å². The highest BCUT2D eigenvalue weighted by atomic mass is 31.0. The zero-order chi connectivity index (χ0) is 19.2. The molecule has 0 aromatic heterocycles. The lowest BCUT2D eigenvalue weighted by molar-refractivity contribution is -0.162. The van der Waals surface area contributed by atoms with Crippen LogP contribution in [0.15, 0.2) is 11.3 Å². The van der Waals surface area contributed by atoms with Gasteiger partial charge in [0.25, 0.3) is 0 Å². The van der Waals surface area contributed by atoms with Crippen molar-refractivity contribution in [3.8, 4) is 0 Å². The molecule has 2 saturated heterocycles. The Hall–Kier alpha value is -1.50. The average Bonchev–Trinajstić information content (AvgIpc) is 3.16. The number of β-lactam (4-membered cyclic amide) rings is 1. The van der Waals surface area contributed by atoms with E-state index in [9.17, 15) is 19.5 Å². The topological polar surface area (TPSA) is 99.2 Å². The summed E-state index contributed by atoms with van der Waals surface area (Å²) < 4.78 is 4.83. The lowest BCUT2D eigenvalue weighted by Gasteiger charge is -2.46. The van der Waals surface area contributed by atoms with Gasteiger partial charge in [-0.25, -0.2) is 4.79 Å². The van der Waals surface area contributed by atoms with Crippen molar-refractivity contribution in [2.24, 2.45) is 17.8 Å². The Labute approximate surface area is 155 Å². The van der Waals surface area contributed by atoms with E-state index in [0.29, 0.717) is 18.8 Å². The number of hydrogen-bond donors (Lipinski definition) is 2. The van der Waals surface area contributed by atoms with Gasteiger partial charge < -0.3 is 19.8 Å². The summed E-state index contributed by atoms with van der Waals surface area (Å²) in [4.78, 5) is 40.3. The molecular weight excluding hydrogens is 357 g/mol. The molecule has 3 aliphatic heterocycles. The quantitative estimate of drug-likeness (QED) is 0.491. The molecule has 0 aromatic rings. The first kappa shape index (κ1) is 19.3. The van der Waals surface area contributed by atoms with Gasteiger partial charge in [0.15, 0.2) is 0 Å². The molecule has 0 aromatic carbocycles. The van der Waals surface area contributed by atoms with Crippen LogP contribution in [0.3, 0.4) is 0 Å². The molecule has 1 unspecified atom stereocenters. The van der Waals surface area contributed by atoms with Crippen molar-refractivity contribution in [3.05, 3.63) is 11.3 Å².